The van der Waals surface area contributed by atoms with E-state index in [1.807, 2.05) is 4.90 Å². The van der Waals surface area contributed by atoms with E-state index >= 15 is 0 Å². The van der Waals surface area contributed by atoms with Crippen LogP contribution in [0.1, 0.15) is 32.1 Å². The molecule has 1 aliphatic heterocycles. The van der Waals surface area contributed by atoms with E-state index in [-0.39, 0.29) is 6.54 Å². The van der Waals surface area contributed by atoms with E-state index in [1.165, 1.54) is 6.42 Å². The van der Waals surface area contributed by atoms with Crippen LogP contribution in [0.25, 0.3) is 0 Å². The molecule has 1 atom stereocenters. The van der Waals surface area contributed by atoms with Crippen LogP contribution in [0.15, 0.2) is 0 Å². The zero-order valence-corrected chi connectivity index (χ0v) is 10.3. The zero-order chi connectivity index (χ0) is 11.3. The summed E-state index contributed by atoms with van der Waals surface area (Å²) in [4.78, 5) is 0.538. The third-order valence-electron chi connectivity index (χ3n) is 2.72. The van der Waals surface area contributed by atoms with E-state index in [1.54, 1.807) is 0 Å². The second-order valence-corrected chi connectivity index (χ2v) is 5.18. The van der Waals surface area contributed by atoms with Crippen molar-refractivity contribution in [3.05, 3.63) is 0 Å². The summed E-state index contributed by atoms with van der Waals surface area (Å²) < 4.78 is 36.9. The van der Waals surface area contributed by atoms with Crippen LogP contribution in [0.5, 0.6) is 0 Å². The average Bonchev–Trinajstić information content (AvgIpc) is 2.07. The summed E-state index contributed by atoms with van der Waals surface area (Å²) in [5, 5.41) is 0. The standard InChI is InChI=1S/C10H17BrF3N/c11-9(10(12,13)14)8-15-6-4-2-1-3-5-7-15/h9H,1-8H2. The molecule has 0 aromatic rings. The first kappa shape index (κ1) is 13.3. The Bertz CT molecular complexity index is 176. The Hall–Kier alpha value is 0.230. The van der Waals surface area contributed by atoms with Gasteiger partial charge in [-0.3, -0.25) is 0 Å². The first-order valence-corrected chi connectivity index (χ1v) is 6.35. The number of alkyl halides is 4. The Balaban J connectivity index is 2.34. The molecule has 0 saturated carbocycles. The SMILES string of the molecule is FC(F)(F)C(Br)CN1CCCCCCC1. The summed E-state index contributed by atoms with van der Waals surface area (Å²) in [7, 11) is 0. The fourth-order valence-electron chi connectivity index (χ4n) is 1.83. The second-order valence-electron chi connectivity index (χ2n) is 4.08. The summed E-state index contributed by atoms with van der Waals surface area (Å²) in [6, 6.07) is 0. The van der Waals surface area contributed by atoms with Crippen LogP contribution in [-0.2, 0) is 0 Å². The van der Waals surface area contributed by atoms with Crippen molar-refractivity contribution in [2.75, 3.05) is 19.6 Å². The van der Waals surface area contributed by atoms with Gasteiger partial charge in [0.1, 0.15) is 4.83 Å². The lowest BCUT2D eigenvalue weighted by atomic mass is 10.1. The molecule has 0 amide bonds. The Labute approximate surface area is 97.1 Å². The van der Waals surface area contributed by atoms with Crippen molar-refractivity contribution >= 4 is 15.9 Å². The van der Waals surface area contributed by atoms with Gasteiger partial charge in [0.05, 0.1) is 0 Å². The topological polar surface area (TPSA) is 3.24 Å². The Kier molecular flexibility index (Phi) is 5.39. The number of nitrogens with zero attached hydrogens (tertiary/aromatic N) is 1. The molecule has 1 nitrogen and oxygen atoms in total. The second kappa shape index (κ2) is 6.09. The number of halogens is 4. The highest BCUT2D eigenvalue weighted by atomic mass is 79.9. The van der Waals surface area contributed by atoms with Crippen molar-refractivity contribution in [2.24, 2.45) is 0 Å². The molecule has 5 heteroatoms. The van der Waals surface area contributed by atoms with Crippen molar-refractivity contribution < 1.29 is 13.2 Å². The Morgan fingerprint density at radius 1 is 1.00 bits per heavy atom. The van der Waals surface area contributed by atoms with Crippen LogP contribution < -0.4 is 0 Å². The van der Waals surface area contributed by atoms with Gasteiger partial charge in [-0.05, 0) is 25.9 Å². The van der Waals surface area contributed by atoms with Crippen molar-refractivity contribution in [3.63, 3.8) is 0 Å². The van der Waals surface area contributed by atoms with E-state index in [4.69, 9.17) is 0 Å². The fourth-order valence-corrected chi connectivity index (χ4v) is 2.24. The van der Waals surface area contributed by atoms with Gasteiger partial charge in [-0.25, -0.2) is 0 Å². The van der Waals surface area contributed by atoms with Crippen LogP contribution in [-0.4, -0.2) is 35.5 Å². The van der Waals surface area contributed by atoms with Crippen LogP contribution in [0.2, 0.25) is 0 Å². The fraction of sp³-hybridized carbons (Fsp3) is 1.00. The highest BCUT2D eigenvalue weighted by Crippen LogP contribution is 2.27. The minimum atomic E-state index is -4.12. The zero-order valence-electron chi connectivity index (χ0n) is 8.69. The monoisotopic (exact) mass is 287 g/mol. The number of rotatable bonds is 2. The molecule has 0 aromatic heterocycles. The average molecular weight is 288 g/mol. The number of hydrogen-bond donors (Lipinski definition) is 0. The molecule has 90 valence electrons. The van der Waals surface area contributed by atoms with Gasteiger partial charge in [-0.1, -0.05) is 35.2 Å². The molecule has 1 aliphatic rings. The summed E-state index contributed by atoms with van der Waals surface area (Å²) >= 11 is 2.71. The van der Waals surface area contributed by atoms with E-state index in [9.17, 15) is 13.2 Å². The normalized spacial score (nSPS) is 23.2. The molecule has 0 N–H and O–H groups in total. The van der Waals surface area contributed by atoms with Crippen LogP contribution in [0.3, 0.4) is 0 Å². The molecule has 0 radical (unpaired) electrons. The first-order chi connectivity index (χ1) is 7.00. The lowest BCUT2D eigenvalue weighted by Crippen LogP contribution is -2.38. The van der Waals surface area contributed by atoms with Gasteiger partial charge >= 0.3 is 6.18 Å². The molecule has 1 unspecified atom stereocenters. The van der Waals surface area contributed by atoms with Crippen molar-refractivity contribution in [1.29, 1.82) is 0 Å². The summed E-state index contributed by atoms with van der Waals surface area (Å²) in [6.45, 7) is 1.69. The smallest absolute Gasteiger partial charge is 0.302 e. The molecule has 0 spiro atoms. The first-order valence-electron chi connectivity index (χ1n) is 5.43. The van der Waals surface area contributed by atoms with Gasteiger partial charge in [-0.15, -0.1) is 0 Å². The van der Waals surface area contributed by atoms with Crippen molar-refractivity contribution in [3.8, 4) is 0 Å². The number of hydrogen-bond acceptors (Lipinski definition) is 1. The summed E-state index contributed by atoms with van der Waals surface area (Å²) in [6.07, 6.45) is 1.45. The van der Waals surface area contributed by atoms with Gasteiger partial charge in [-0.2, -0.15) is 13.2 Å². The van der Waals surface area contributed by atoms with E-state index in [0.717, 1.165) is 38.8 Å². The maximum absolute atomic E-state index is 12.3. The molecule has 1 heterocycles. The van der Waals surface area contributed by atoms with Crippen LogP contribution >= 0.6 is 15.9 Å². The van der Waals surface area contributed by atoms with E-state index in [2.05, 4.69) is 15.9 Å². The summed E-state index contributed by atoms with van der Waals surface area (Å²) in [5.74, 6) is 0. The Morgan fingerprint density at radius 3 is 1.93 bits per heavy atom. The van der Waals surface area contributed by atoms with E-state index in [0.29, 0.717) is 0 Å². The molecule has 15 heavy (non-hydrogen) atoms. The summed E-state index contributed by atoms with van der Waals surface area (Å²) in [5.41, 5.74) is 0. The largest absolute Gasteiger partial charge is 0.402 e. The van der Waals surface area contributed by atoms with Crippen LogP contribution in [0, 0.1) is 0 Å². The minimum Gasteiger partial charge on any atom is -0.302 e. The molecule has 1 rings (SSSR count). The maximum atomic E-state index is 12.3. The van der Waals surface area contributed by atoms with E-state index < -0.39 is 11.0 Å². The van der Waals surface area contributed by atoms with Crippen molar-refractivity contribution in [1.82, 2.24) is 4.90 Å². The van der Waals surface area contributed by atoms with Gasteiger partial charge in [0.2, 0.25) is 0 Å². The van der Waals surface area contributed by atoms with Gasteiger partial charge in [0.25, 0.3) is 0 Å². The van der Waals surface area contributed by atoms with Gasteiger partial charge < -0.3 is 4.90 Å². The molecule has 0 aromatic carbocycles. The predicted octanol–water partition coefficient (Wildman–Crippen LogP) is 3.58. The third-order valence-corrected chi connectivity index (χ3v) is 3.53. The van der Waals surface area contributed by atoms with Crippen molar-refractivity contribution in [2.45, 2.75) is 43.1 Å². The third kappa shape index (κ3) is 5.20. The van der Waals surface area contributed by atoms with Gasteiger partial charge in [0.15, 0.2) is 0 Å². The molecule has 1 saturated heterocycles. The highest BCUT2D eigenvalue weighted by Gasteiger charge is 2.38. The van der Waals surface area contributed by atoms with Gasteiger partial charge in [0, 0.05) is 6.54 Å². The highest BCUT2D eigenvalue weighted by molar-refractivity contribution is 9.09. The molecule has 0 aliphatic carbocycles. The molecule has 0 bridgehead atoms. The lowest BCUT2D eigenvalue weighted by Gasteiger charge is -2.27. The maximum Gasteiger partial charge on any atom is 0.402 e. The molecule has 1 fully saturated rings. The minimum absolute atomic E-state index is 0.0868. The lowest BCUT2D eigenvalue weighted by molar-refractivity contribution is -0.130. The number of likely N-dealkylation sites (tertiary alicyclic amines) is 1. The molecular formula is C10H17BrF3N. The predicted molar refractivity (Wildman–Crippen MR) is 58.3 cm³/mol. The quantitative estimate of drug-likeness (QED) is 0.702. The van der Waals surface area contributed by atoms with Crippen LogP contribution in [0.4, 0.5) is 13.2 Å². The molecular weight excluding hydrogens is 271 g/mol. The Morgan fingerprint density at radius 2 is 1.47 bits per heavy atom.